The Morgan fingerprint density at radius 2 is 1.79 bits per heavy atom. The molecule has 8 heteroatoms. The van der Waals surface area contributed by atoms with Crippen molar-refractivity contribution in [3.8, 4) is 11.4 Å². The second-order valence-electron chi connectivity index (χ2n) is 7.03. The molecule has 1 amide bonds. The van der Waals surface area contributed by atoms with Gasteiger partial charge in [0.15, 0.2) is 11.5 Å². The van der Waals surface area contributed by atoms with E-state index in [1.54, 1.807) is 15.9 Å². The van der Waals surface area contributed by atoms with Gasteiger partial charge in [0.1, 0.15) is 5.82 Å². The predicted molar refractivity (Wildman–Crippen MR) is 113 cm³/mol. The molecular weight excluding hydrogens is 384 g/mol. The maximum atomic E-state index is 12.6. The Labute approximate surface area is 172 Å². The SMILES string of the molecule is O=C(Cc1ccccc1)N1CCN(c2ccc3nnc(-c4ccsc4)n3n2)CC1. The van der Waals surface area contributed by atoms with Crippen molar-refractivity contribution in [2.45, 2.75) is 6.42 Å². The molecule has 7 nitrogen and oxygen atoms in total. The van der Waals surface area contributed by atoms with Crippen LogP contribution in [0.5, 0.6) is 0 Å². The molecule has 1 fully saturated rings. The first kappa shape index (κ1) is 17.8. The first-order valence-corrected chi connectivity index (χ1v) is 10.5. The van der Waals surface area contributed by atoms with E-state index in [9.17, 15) is 4.79 Å². The van der Waals surface area contributed by atoms with Gasteiger partial charge in [-0.1, -0.05) is 30.3 Å². The van der Waals surface area contributed by atoms with Crippen LogP contribution in [0.25, 0.3) is 17.0 Å². The highest BCUT2D eigenvalue weighted by Crippen LogP contribution is 2.22. The van der Waals surface area contributed by atoms with Crippen LogP contribution in [0.3, 0.4) is 0 Å². The van der Waals surface area contributed by atoms with Gasteiger partial charge in [0, 0.05) is 37.1 Å². The van der Waals surface area contributed by atoms with Gasteiger partial charge in [0.05, 0.1) is 6.42 Å². The number of hydrogen-bond acceptors (Lipinski definition) is 6. The zero-order valence-corrected chi connectivity index (χ0v) is 16.6. The zero-order valence-electron chi connectivity index (χ0n) is 15.8. The molecule has 4 aromatic rings. The van der Waals surface area contributed by atoms with Crippen LogP contribution in [-0.4, -0.2) is 56.8 Å². The van der Waals surface area contributed by atoms with Crippen LogP contribution in [-0.2, 0) is 11.2 Å². The van der Waals surface area contributed by atoms with E-state index < -0.39 is 0 Å². The number of benzene rings is 1. The second-order valence-corrected chi connectivity index (χ2v) is 7.81. The summed E-state index contributed by atoms with van der Waals surface area (Å²) in [6, 6.07) is 15.8. The lowest BCUT2D eigenvalue weighted by Crippen LogP contribution is -2.49. The van der Waals surface area contributed by atoms with E-state index in [4.69, 9.17) is 5.10 Å². The highest BCUT2D eigenvalue weighted by molar-refractivity contribution is 7.08. The molecule has 0 unspecified atom stereocenters. The van der Waals surface area contributed by atoms with Gasteiger partial charge in [-0.05, 0) is 29.1 Å². The van der Waals surface area contributed by atoms with Crippen molar-refractivity contribution in [1.29, 1.82) is 0 Å². The molecule has 0 N–H and O–H groups in total. The monoisotopic (exact) mass is 404 g/mol. The molecule has 0 radical (unpaired) electrons. The molecule has 29 heavy (non-hydrogen) atoms. The van der Waals surface area contributed by atoms with Crippen molar-refractivity contribution >= 4 is 28.7 Å². The molecule has 0 saturated carbocycles. The summed E-state index contributed by atoms with van der Waals surface area (Å²) >= 11 is 1.63. The topological polar surface area (TPSA) is 66.6 Å². The molecule has 1 aromatic carbocycles. The number of hydrogen-bond donors (Lipinski definition) is 0. The fourth-order valence-electron chi connectivity index (χ4n) is 3.59. The van der Waals surface area contributed by atoms with Crippen molar-refractivity contribution in [2.24, 2.45) is 0 Å². The number of fused-ring (bicyclic) bond motifs is 1. The highest BCUT2D eigenvalue weighted by Gasteiger charge is 2.22. The van der Waals surface area contributed by atoms with Crippen LogP contribution in [0.15, 0.2) is 59.3 Å². The van der Waals surface area contributed by atoms with Crippen molar-refractivity contribution in [3.05, 3.63) is 64.9 Å². The van der Waals surface area contributed by atoms with E-state index in [0.717, 1.165) is 41.5 Å². The van der Waals surface area contributed by atoms with E-state index >= 15 is 0 Å². The fraction of sp³-hybridized carbons (Fsp3) is 0.238. The Morgan fingerprint density at radius 3 is 2.55 bits per heavy atom. The van der Waals surface area contributed by atoms with Crippen LogP contribution in [0.4, 0.5) is 5.82 Å². The fourth-order valence-corrected chi connectivity index (χ4v) is 4.22. The van der Waals surface area contributed by atoms with Crippen LogP contribution in [0, 0.1) is 0 Å². The summed E-state index contributed by atoms with van der Waals surface area (Å²) in [4.78, 5) is 16.8. The molecule has 5 rings (SSSR count). The molecule has 3 aromatic heterocycles. The lowest BCUT2D eigenvalue weighted by molar-refractivity contribution is -0.130. The minimum absolute atomic E-state index is 0.179. The van der Waals surface area contributed by atoms with Crippen molar-refractivity contribution < 1.29 is 4.79 Å². The predicted octanol–water partition coefficient (Wildman–Crippen LogP) is 2.74. The molecule has 0 aliphatic carbocycles. The molecule has 0 spiro atoms. The first-order valence-electron chi connectivity index (χ1n) is 9.59. The molecule has 4 heterocycles. The van der Waals surface area contributed by atoms with Crippen molar-refractivity contribution in [2.75, 3.05) is 31.1 Å². The zero-order chi connectivity index (χ0) is 19.6. The number of rotatable bonds is 4. The van der Waals surface area contributed by atoms with E-state index in [0.29, 0.717) is 19.5 Å². The van der Waals surface area contributed by atoms with E-state index in [2.05, 4.69) is 15.1 Å². The first-order chi connectivity index (χ1) is 14.3. The van der Waals surface area contributed by atoms with Crippen molar-refractivity contribution in [1.82, 2.24) is 24.7 Å². The van der Waals surface area contributed by atoms with Gasteiger partial charge in [-0.3, -0.25) is 4.79 Å². The highest BCUT2D eigenvalue weighted by atomic mass is 32.1. The van der Waals surface area contributed by atoms with Crippen LogP contribution >= 0.6 is 11.3 Å². The van der Waals surface area contributed by atoms with E-state index in [-0.39, 0.29) is 5.91 Å². The quantitative estimate of drug-likeness (QED) is 0.523. The Morgan fingerprint density at radius 1 is 0.966 bits per heavy atom. The number of aromatic nitrogens is 4. The number of nitrogens with zero attached hydrogens (tertiary/aromatic N) is 6. The molecular formula is C21H20N6OS. The summed E-state index contributed by atoms with van der Waals surface area (Å²) in [5.41, 5.74) is 2.80. The van der Waals surface area contributed by atoms with Gasteiger partial charge in [-0.2, -0.15) is 15.9 Å². The number of amides is 1. The Hall–Kier alpha value is -3.26. The molecule has 0 bridgehead atoms. The number of anilines is 1. The minimum atomic E-state index is 0.179. The molecule has 0 atom stereocenters. The standard InChI is InChI=1S/C21H20N6OS/c28-20(14-16-4-2-1-3-5-16)26-11-9-25(10-12-26)19-7-6-18-22-23-21(27(18)24-19)17-8-13-29-15-17/h1-8,13,15H,9-12,14H2. The molecule has 146 valence electrons. The summed E-state index contributed by atoms with van der Waals surface area (Å²) in [5, 5.41) is 17.3. The third-order valence-electron chi connectivity index (χ3n) is 5.18. The Bertz CT molecular complexity index is 1120. The molecule has 1 aliphatic rings. The normalized spacial score (nSPS) is 14.5. The summed E-state index contributed by atoms with van der Waals surface area (Å²) in [6.07, 6.45) is 0.454. The maximum absolute atomic E-state index is 12.6. The van der Waals surface area contributed by atoms with E-state index in [1.165, 1.54) is 0 Å². The van der Waals surface area contributed by atoms with Gasteiger partial charge in [0.2, 0.25) is 5.91 Å². The average Bonchev–Trinajstić information content (AvgIpc) is 3.44. The summed E-state index contributed by atoms with van der Waals surface area (Å²) in [6.45, 7) is 2.92. The number of carbonyl (C=O) groups is 1. The lowest BCUT2D eigenvalue weighted by atomic mass is 10.1. The van der Waals surface area contributed by atoms with Gasteiger partial charge in [0.25, 0.3) is 0 Å². The second kappa shape index (κ2) is 7.63. The van der Waals surface area contributed by atoms with Crippen molar-refractivity contribution in [3.63, 3.8) is 0 Å². The third kappa shape index (κ3) is 3.58. The van der Waals surface area contributed by atoms with Gasteiger partial charge < -0.3 is 9.80 Å². The summed E-state index contributed by atoms with van der Waals surface area (Å²) < 4.78 is 1.80. The molecule has 1 saturated heterocycles. The number of piperazine rings is 1. The summed E-state index contributed by atoms with van der Waals surface area (Å²) in [7, 11) is 0. The lowest BCUT2D eigenvalue weighted by Gasteiger charge is -2.35. The van der Waals surface area contributed by atoms with Crippen LogP contribution in [0.2, 0.25) is 0 Å². The Balaban J connectivity index is 1.29. The van der Waals surface area contributed by atoms with Crippen LogP contribution in [0.1, 0.15) is 5.56 Å². The van der Waals surface area contributed by atoms with E-state index in [1.807, 2.05) is 64.2 Å². The number of carbonyl (C=O) groups excluding carboxylic acids is 1. The molecule has 1 aliphatic heterocycles. The van der Waals surface area contributed by atoms with Gasteiger partial charge in [-0.15, -0.1) is 15.3 Å². The van der Waals surface area contributed by atoms with Gasteiger partial charge in [-0.25, -0.2) is 0 Å². The summed E-state index contributed by atoms with van der Waals surface area (Å²) in [5.74, 6) is 1.81. The van der Waals surface area contributed by atoms with Gasteiger partial charge >= 0.3 is 0 Å². The smallest absolute Gasteiger partial charge is 0.227 e. The largest absolute Gasteiger partial charge is 0.352 e. The number of thiophene rings is 1. The van der Waals surface area contributed by atoms with Crippen LogP contribution < -0.4 is 4.90 Å². The maximum Gasteiger partial charge on any atom is 0.227 e. The minimum Gasteiger partial charge on any atom is -0.352 e. The Kier molecular flexibility index (Phi) is 4.69. The average molecular weight is 404 g/mol. The third-order valence-corrected chi connectivity index (χ3v) is 5.87.